The highest BCUT2D eigenvalue weighted by Crippen LogP contribution is 1.95. The van der Waals surface area contributed by atoms with Crippen LogP contribution in [0.15, 0.2) is 24.4 Å². The molecule has 0 aromatic carbocycles. The minimum absolute atomic E-state index is 0.0937. The molecule has 0 aliphatic carbocycles. The van der Waals surface area contributed by atoms with Crippen molar-refractivity contribution >= 4 is 11.9 Å². The summed E-state index contributed by atoms with van der Waals surface area (Å²) in [5.41, 5.74) is 0.639. The van der Waals surface area contributed by atoms with Crippen LogP contribution in [0.2, 0.25) is 0 Å². The highest BCUT2D eigenvalue weighted by Gasteiger charge is 2.06. The number of amides is 1. The SMILES string of the molecule is C=C/C(=C\C)NC(=O)CCC(=O)OC. The number of rotatable bonds is 5. The molecule has 0 aromatic rings. The molecular weight excluding hydrogens is 182 g/mol. The Labute approximate surface area is 83.6 Å². The molecule has 1 amide bonds. The van der Waals surface area contributed by atoms with E-state index in [1.54, 1.807) is 13.0 Å². The third-order valence-electron chi connectivity index (χ3n) is 1.60. The molecule has 0 saturated carbocycles. The highest BCUT2D eigenvalue weighted by atomic mass is 16.5. The predicted octanol–water partition coefficient (Wildman–Crippen LogP) is 1.15. The van der Waals surface area contributed by atoms with Crippen molar-refractivity contribution < 1.29 is 14.3 Å². The number of allylic oxidation sites excluding steroid dienone is 2. The predicted molar refractivity (Wildman–Crippen MR) is 53.3 cm³/mol. The second-order valence-corrected chi connectivity index (χ2v) is 2.57. The minimum Gasteiger partial charge on any atom is -0.469 e. The highest BCUT2D eigenvalue weighted by molar-refractivity contribution is 5.82. The summed E-state index contributed by atoms with van der Waals surface area (Å²) in [5.74, 6) is -0.607. The zero-order valence-electron chi connectivity index (χ0n) is 8.50. The van der Waals surface area contributed by atoms with Crippen LogP contribution in [0.5, 0.6) is 0 Å². The summed E-state index contributed by atoms with van der Waals surface area (Å²) in [6.45, 7) is 5.31. The first-order valence-electron chi connectivity index (χ1n) is 4.29. The van der Waals surface area contributed by atoms with E-state index in [1.807, 2.05) is 0 Å². The molecule has 0 rings (SSSR count). The van der Waals surface area contributed by atoms with E-state index in [2.05, 4.69) is 16.6 Å². The van der Waals surface area contributed by atoms with Gasteiger partial charge in [0.25, 0.3) is 0 Å². The van der Waals surface area contributed by atoms with Crippen LogP contribution < -0.4 is 5.32 Å². The lowest BCUT2D eigenvalue weighted by Gasteiger charge is -2.04. The van der Waals surface area contributed by atoms with Gasteiger partial charge in [-0.3, -0.25) is 9.59 Å². The summed E-state index contributed by atoms with van der Waals surface area (Å²) in [6.07, 6.45) is 3.48. The topological polar surface area (TPSA) is 55.4 Å². The first kappa shape index (κ1) is 12.4. The van der Waals surface area contributed by atoms with Crippen molar-refractivity contribution in [2.75, 3.05) is 7.11 Å². The van der Waals surface area contributed by atoms with Gasteiger partial charge < -0.3 is 10.1 Å². The molecule has 4 heteroatoms. The fourth-order valence-electron chi connectivity index (χ4n) is 0.782. The standard InChI is InChI=1S/C10H15NO3/c1-4-8(5-2)11-9(12)6-7-10(13)14-3/h4-5H,1,6-7H2,2-3H3,(H,11,12)/b8-5+. The van der Waals surface area contributed by atoms with E-state index in [-0.39, 0.29) is 24.7 Å². The fourth-order valence-corrected chi connectivity index (χ4v) is 0.782. The number of carbonyl (C=O) groups is 2. The summed E-state index contributed by atoms with van der Waals surface area (Å²) in [7, 11) is 1.29. The molecule has 0 atom stereocenters. The van der Waals surface area contributed by atoms with Crippen LogP contribution in [0.1, 0.15) is 19.8 Å². The van der Waals surface area contributed by atoms with Crippen LogP contribution in [0.25, 0.3) is 0 Å². The lowest BCUT2D eigenvalue weighted by atomic mass is 10.3. The molecule has 0 heterocycles. The van der Waals surface area contributed by atoms with Crippen molar-refractivity contribution in [2.45, 2.75) is 19.8 Å². The van der Waals surface area contributed by atoms with Crippen molar-refractivity contribution in [3.8, 4) is 0 Å². The van der Waals surface area contributed by atoms with Gasteiger partial charge in [-0.2, -0.15) is 0 Å². The number of hydrogen-bond acceptors (Lipinski definition) is 3. The maximum Gasteiger partial charge on any atom is 0.306 e. The third kappa shape index (κ3) is 5.13. The van der Waals surface area contributed by atoms with Crippen LogP contribution in [0.4, 0.5) is 0 Å². The summed E-state index contributed by atoms with van der Waals surface area (Å²) in [5, 5.41) is 2.59. The van der Waals surface area contributed by atoms with Crippen LogP contribution in [0, 0.1) is 0 Å². The summed E-state index contributed by atoms with van der Waals surface area (Å²) >= 11 is 0. The van der Waals surface area contributed by atoms with Gasteiger partial charge in [0.2, 0.25) is 5.91 Å². The molecule has 0 radical (unpaired) electrons. The smallest absolute Gasteiger partial charge is 0.306 e. The summed E-state index contributed by atoms with van der Waals surface area (Å²) in [4.78, 5) is 21.9. The second-order valence-electron chi connectivity index (χ2n) is 2.57. The van der Waals surface area contributed by atoms with E-state index < -0.39 is 0 Å². The van der Waals surface area contributed by atoms with Gasteiger partial charge >= 0.3 is 5.97 Å². The molecule has 0 fully saturated rings. The van der Waals surface area contributed by atoms with Crippen molar-refractivity contribution in [3.05, 3.63) is 24.4 Å². The average molecular weight is 197 g/mol. The Morgan fingerprint density at radius 3 is 2.50 bits per heavy atom. The van der Waals surface area contributed by atoms with E-state index in [0.717, 1.165) is 0 Å². The van der Waals surface area contributed by atoms with Crippen LogP contribution in [0.3, 0.4) is 0 Å². The third-order valence-corrected chi connectivity index (χ3v) is 1.60. The largest absolute Gasteiger partial charge is 0.469 e. The van der Waals surface area contributed by atoms with Gasteiger partial charge in [0.1, 0.15) is 0 Å². The van der Waals surface area contributed by atoms with Crippen LogP contribution in [-0.4, -0.2) is 19.0 Å². The normalized spacial score (nSPS) is 10.6. The Morgan fingerprint density at radius 1 is 1.43 bits per heavy atom. The van der Waals surface area contributed by atoms with E-state index in [0.29, 0.717) is 5.70 Å². The fraction of sp³-hybridized carbons (Fsp3) is 0.400. The Hall–Kier alpha value is -1.58. The van der Waals surface area contributed by atoms with Crippen molar-refractivity contribution in [2.24, 2.45) is 0 Å². The Balaban J connectivity index is 3.87. The van der Waals surface area contributed by atoms with Crippen molar-refractivity contribution in [1.82, 2.24) is 5.32 Å². The number of hydrogen-bond donors (Lipinski definition) is 1. The number of nitrogens with one attached hydrogen (secondary N) is 1. The molecular formula is C10H15NO3. The van der Waals surface area contributed by atoms with Gasteiger partial charge in [-0.05, 0) is 13.0 Å². The zero-order chi connectivity index (χ0) is 11.0. The molecule has 0 saturated heterocycles. The van der Waals surface area contributed by atoms with Gasteiger partial charge in [-0.1, -0.05) is 12.7 Å². The van der Waals surface area contributed by atoms with Gasteiger partial charge in [-0.25, -0.2) is 0 Å². The average Bonchev–Trinajstić information content (AvgIpc) is 2.22. The number of esters is 1. The molecule has 1 N–H and O–H groups in total. The number of methoxy groups -OCH3 is 1. The Bertz CT molecular complexity index is 256. The molecule has 78 valence electrons. The molecule has 0 aromatic heterocycles. The maximum absolute atomic E-state index is 11.2. The van der Waals surface area contributed by atoms with E-state index in [9.17, 15) is 9.59 Å². The lowest BCUT2D eigenvalue weighted by molar-refractivity contribution is -0.142. The second kappa shape index (κ2) is 6.88. The minimum atomic E-state index is -0.388. The first-order chi connectivity index (χ1) is 6.63. The first-order valence-corrected chi connectivity index (χ1v) is 4.29. The van der Waals surface area contributed by atoms with Gasteiger partial charge in [0.15, 0.2) is 0 Å². The van der Waals surface area contributed by atoms with E-state index in [4.69, 9.17) is 0 Å². The van der Waals surface area contributed by atoms with Gasteiger partial charge in [-0.15, -0.1) is 0 Å². The molecule has 0 aliphatic rings. The number of ether oxygens (including phenoxy) is 1. The Morgan fingerprint density at radius 2 is 2.07 bits per heavy atom. The maximum atomic E-state index is 11.2. The number of carbonyl (C=O) groups excluding carboxylic acids is 2. The molecule has 4 nitrogen and oxygen atoms in total. The van der Waals surface area contributed by atoms with E-state index >= 15 is 0 Å². The lowest BCUT2D eigenvalue weighted by Crippen LogP contribution is -2.22. The summed E-state index contributed by atoms with van der Waals surface area (Å²) < 4.78 is 4.40. The van der Waals surface area contributed by atoms with E-state index in [1.165, 1.54) is 13.2 Å². The monoisotopic (exact) mass is 197 g/mol. The molecule has 0 unspecified atom stereocenters. The van der Waals surface area contributed by atoms with Gasteiger partial charge in [0, 0.05) is 12.1 Å². The van der Waals surface area contributed by atoms with Crippen LogP contribution in [-0.2, 0) is 14.3 Å². The summed E-state index contributed by atoms with van der Waals surface area (Å²) in [6, 6.07) is 0. The molecule has 0 spiro atoms. The molecule has 14 heavy (non-hydrogen) atoms. The molecule has 0 bridgehead atoms. The van der Waals surface area contributed by atoms with Crippen molar-refractivity contribution in [1.29, 1.82) is 0 Å². The van der Waals surface area contributed by atoms with Crippen LogP contribution >= 0.6 is 0 Å². The Kier molecular flexibility index (Phi) is 6.11. The zero-order valence-corrected chi connectivity index (χ0v) is 8.50. The van der Waals surface area contributed by atoms with Gasteiger partial charge in [0.05, 0.1) is 13.5 Å². The quantitative estimate of drug-likeness (QED) is 0.531. The molecule has 0 aliphatic heterocycles. The van der Waals surface area contributed by atoms with Crippen molar-refractivity contribution in [3.63, 3.8) is 0 Å².